The van der Waals surface area contributed by atoms with Crippen molar-refractivity contribution in [3.05, 3.63) is 34.9 Å². The van der Waals surface area contributed by atoms with Crippen LogP contribution in [-0.2, 0) is 14.4 Å². The summed E-state index contributed by atoms with van der Waals surface area (Å²) >= 11 is 5.91. The summed E-state index contributed by atoms with van der Waals surface area (Å²) in [5.74, 6) is -1.93. The average Bonchev–Trinajstić information content (AvgIpc) is 2.56. The van der Waals surface area contributed by atoms with Crippen LogP contribution in [0.25, 0.3) is 0 Å². The number of carbonyl (C=O) groups excluding carboxylic acids is 2. The third-order valence-corrected chi connectivity index (χ3v) is 5.22. The first kappa shape index (κ1) is 21.2. The summed E-state index contributed by atoms with van der Waals surface area (Å²) in [6.07, 6.45) is 5.14. The third-order valence-electron chi connectivity index (χ3n) is 4.97. The number of rotatable bonds is 6. The summed E-state index contributed by atoms with van der Waals surface area (Å²) in [4.78, 5) is 35.8. The van der Waals surface area contributed by atoms with Crippen LogP contribution >= 0.6 is 11.6 Å². The second kappa shape index (κ2) is 10.3. The molecule has 0 aromatic heterocycles. The topological polar surface area (TPSA) is 95.5 Å². The lowest BCUT2D eigenvalue weighted by atomic mass is 9.86. The molecule has 148 valence electrons. The highest BCUT2D eigenvalue weighted by Crippen LogP contribution is 2.24. The molecule has 3 atom stereocenters. The normalized spacial score (nSPS) is 21.4. The molecule has 2 amide bonds. The Morgan fingerprint density at radius 3 is 2.33 bits per heavy atom. The predicted octanol–water partition coefficient (Wildman–Crippen LogP) is 3.45. The van der Waals surface area contributed by atoms with Gasteiger partial charge in [-0.2, -0.15) is 0 Å². The van der Waals surface area contributed by atoms with Crippen molar-refractivity contribution >= 4 is 29.4 Å². The van der Waals surface area contributed by atoms with E-state index in [9.17, 15) is 19.5 Å². The molecule has 0 radical (unpaired) electrons. The molecule has 1 aromatic carbocycles. The number of carboxylic acid groups (broad SMARTS) is 1. The van der Waals surface area contributed by atoms with Crippen LogP contribution < -0.4 is 10.6 Å². The second-order valence-corrected chi connectivity index (χ2v) is 7.56. The molecule has 1 fully saturated rings. The Morgan fingerprint density at radius 2 is 1.74 bits per heavy atom. The average molecular weight is 395 g/mol. The minimum atomic E-state index is -0.863. The van der Waals surface area contributed by atoms with E-state index in [1.54, 1.807) is 24.3 Å². The van der Waals surface area contributed by atoms with E-state index < -0.39 is 17.9 Å². The number of halogens is 1. The molecule has 6 nitrogen and oxygen atoms in total. The van der Waals surface area contributed by atoms with Gasteiger partial charge >= 0.3 is 5.97 Å². The molecule has 1 aromatic rings. The fraction of sp³-hybridized carbons (Fsp3) is 0.550. The third kappa shape index (κ3) is 6.86. The van der Waals surface area contributed by atoms with Crippen molar-refractivity contribution in [2.75, 3.05) is 0 Å². The van der Waals surface area contributed by atoms with Gasteiger partial charge in [0.25, 0.3) is 0 Å². The number of hydrogen-bond donors (Lipinski definition) is 3. The summed E-state index contributed by atoms with van der Waals surface area (Å²) in [5.41, 5.74) is 0.775. The fourth-order valence-corrected chi connectivity index (χ4v) is 3.72. The standard InChI is InChI=1S/C20H27ClN2O4/c1-13(24)22-18(14-8-10-15(21)11-9-14)12-19(25)23-17-7-5-3-2-4-6-16(17)20(26)27/h8-11,16-18H,2-7,12H2,1H3,(H,22,24)(H,23,25)(H,26,27). The summed E-state index contributed by atoms with van der Waals surface area (Å²) in [5, 5.41) is 15.8. The van der Waals surface area contributed by atoms with Gasteiger partial charge in [0.1, 0.15) is 0 Å². The van der Waals surface area contributed by atoms with Crippen LogP contribution in [-0.4, -0.2) is 28.9 Å². The van der Waals surface area contributed by atoms with E-state index in [-0.39, 0.29) is 24.3 Å². The molecule has 0 aliphatic heterocycles. The lowest BCUT2D eigenvalue weighted by Gasteiger charge is -2.28. The van der Waals surface area contributed by atoms with Crippen LogP contribution in [0.3, 0.4) is 0 Å². The van der Waals surface area contributed by atoms with Crippen molar-refractivity contribution in [2.45, 2.75) is 64.0 Å². The monoisotopic (exact) mass is 394 g/mol. The maximum Gasteiger partial charge on any atom is 0.308 e. The van der Waals surface area contributed by atoms with Crippen molar-refractivity contribution in [3.63, 3.8) is 0 Å². The van der Waals surface area contributed by atoms with Crippen LogP contribution in [0.4, 0.5) is 0 Å². The van der Waals surface area contributed by atoms with E-state index >= 15 is 0 Å². The molecule has 2 rings (SSSR count). The van der Waals surface area contributed by atoms with E-state index in [2.05, 4.69) is 10.6 Å². The van der Waals surface area contributed by atoms with E-state index in [1.165, 1.54) is 6.92 Å². The van der Waals surface area contributed by atoms with Gasteiger partial charge in [-0.05, 0) is 30.5 Å². The minimum Gasteiger partial charge on any atom is -0.481 e. The molecule has 27 heavy (non-hydrogen) atoms. The Hall–Kier alpha value is -2.08. The van der Waals surface area contributed by atoms with E-state index in [4.69, 9.17) is 11.6 Å². The number of aliphatic carboxylic acids is 1. The van der Waals surface area contributed by atoms with E-state index in [1.807, 2.05) is 0 Å². The SMILES string of the molecule is CC(=O)NC(CC(=O)NC1CCCCCCC1C(=O)O)c1ccc(Cl)cc1. The molecule has 0 saturated heterocycles. The van der Waals surface area contributed by atoms with Gasteiger partial charge < -0.3 is 15.7 Å². The van der Waals surface area contributed by atoms with Crippen molar-refractivity contribution in [2.24, 2.45) is 5.92 Å². The lowest BCUT2D eigenvalue weighted by Crippen LogP contribution is -2.45. The minimum absolute atomic E-state index is 0.0457. The summed E-state index contributed by atoms with van der Waals surface area (Å²) < 4.78 is 0. The van der Waals surface area contributed by atoms with Gasteiger partial charge in [-0.25, -0.2) is 0 Å². The number of nitrogens with one attached hydrogen (secondary N) is 2. The van der Waals surface area contributed by atoms with Gasteiger partial charge in [-0.1, -0.05) is 49.4 Å². The molecule has 3 N–H and O–H groups in total. The van der Waals surface area contributed by atoms with Gasteiger partial charge in [0.05, 0.1) is 18.4 Å². The summed E-state index contributed by atoms with van der Waals surface area (Å²) in [7, 11) is 0. The zero-order valence-corrected chi connectivity index (χ0v) is 16.3. The van der Waals surface area contributed by atoms with Crippen molar-refractivity contribution in [1.82, 2.24) is 10.6 Å². The first-order valence-electron chi connectivity index (χ1n) is 9.41. The van der Waals surface area contributed by atoms with Crippen molar-refractivity contribution in [1.29, 1.82) is 0 Å². The first-order chi connectivity index (χ1) is 12.9. The van der Waals surface area contributed by atoms with Crippen LogP contribution in [0, 0.1) is 5.92 Å². The Kier molecular flexibility index (Phi) is 8.10. The maximum absolute atomic E-state index is 12.6. The molecule has 0 spiro atoms. The number of benzene rings is 1. The van der Waals surface area contributed by atoms with E-state index in [0.717, 1.165) is 31.2 Å². The summed E-state index contributed by atoms with van der Waals surface area (Å²) in [6.45, 7) is 1.40. The van der Waals surface area contributed by atoms with Crippen LogP contribution in [0.15, 0.2) is 24.3 Å². The highest BCUT2D eigenvalue weighted by Gasteiger charge is 2.30. The zero-order valence-electron chi connectivity index (χ0n) is 15.5. The largest absolute Gasteiger partial charge is 0.481 e. The van der Waals surface area contributed by atoms with Gasteiger partial charge in [0, 0.05) is 18.0 Å². The van der Waals surface area contributed by atoms with Crippen LogP contribution in [0.1, 0.15) is 63.5 Å². The molecule has 3 unspecified atom stereocenters. The first-order valence-corrected chi connectivity index (χ1v) is 9.79. The lowest BCUT2D eigenvalue weighted by molar-refractivity contribution is -0.143. The molecule has 0 bridgehead atoms. The quantitative estimate of drug-likeness (QED) is 0.688. The maximum atomic E-state index is 12.6. The highest BCUT2D eigenvalue weighted by molar-refractivity contribution is 6.30. The van der Waals surface area contributed by atoms with E-state index in [0.29, 0.717) is 17.9 Å². The number of carboxylic acids is 1. The predicted molar refractivity (Wildman–Crippen MR) is 103 cm³/mol. The Balaban J connectivity index is 2.07. The molecule has 1 aliphatic rings. The van der Waals surface area contributed by atoms with Crippen molar-refractivity contribution < 1.29 is 19.5 Å². The molecular formula is C20H27ClN2O4. The molecule has 0 heterocycles. The smallest absolute Gasteiger partial charge is 0.308 e. The number of amides is 2. The Labute approximate surface area is 164 Å². The van der Waals surface area contributed by atoms with Crippen LogP contribution in [0.2, 0.25) is 5.02 Å². The Bertz CT molecular complexity index is 662. The molecule has 1 saturated carbocycles. The molecule has 7 heteroatoms. The van der Waals surface area contributed by atoms with Gasteiger partial charge in [-0.15, -0.1) is 0 Å². The van der Waals surface area contributed by atoms with Crippen molar-refractivity contribution in [3.8, 4) is 0 Å². The summed E-state index contributed by atoms with van der Waals surface area (Å²) in [6, 6.07) is 6.09. The fourth-order valence-electron chi connectivity index (χ4n) is 3.60. The zero-order chi connectivity index (χ0) is 19.8. The number of carbonyl (C=O) groups is 3. The Morgan fingerprint density at radius 1 is 1.11 bits per heavy atom. The second-order valence-electron chi connectivity index (χ2n) is 7.12. The van der Waals surface area contributed by atoms with Gasteiger partial charge in [-0.3, -0.25) is 14.4 Å². The highest BCUT2D eigenvalue weighted by atomic mass is 35.5. The number of hydrogen-bond acceptors (Lipinski definition) is 3. The van der Waals surface area contributed by atoms with Gasteiger partial charge in [0.2, 0.25) is 11.8 Å². The molecular weight excluding hydrogens is 368 g/mol. The molecule has 1 aliphatic carbocycles. The van der Waals surface area contributed by atoms with Crippen LogP contribution in [0.5, 0.6) is 0 Å². The van der Waals surface area contributed by atoms with Gasteiger partial charge in [0.15, 0.2) is 0 Å².